The standard InChI is InChI=1S/C25H15N/c1-2-7-16-15(6-1)14-21-17(16)12-13-23-24(21)20-10-5-9-19-18-8-3-4-11-22(18)26(23)25(19)20/h1-13H,14H2. The van der Waals surface area contributed by atoms with Gasteiger partial charge < -0.3 is 4.40 Å². The maximum atomic E-state index is 2.47. The Labute approximate surface area is 150 Å². The first kappa shape index (κ1) is 13.0. The SMILES string of the molecule is c1ccc2c(c1)Cc1c-2ccc2c1c1cccc3c4ccccc4n2c31. The van der Waals surface area contributed by atoms with E-state index < -0.39 is 0 Å². The molecule has 2 aromatic heterocycles. The number of aromatic nitrogens is 1. The van der Waals surface area contributed by atoms with Crippen LogP contribution in [-0.2, 0) is 6.42 Å². The van der Waals surface area contributed by atoms with Gasteiger partial charge in [0, 0.05) is 21.5 Å². The lowest BCUT2D eigenvalue weighted by Crippen LogP contribution is -1.85. The van der Waals surface area contributed by atoms with E-state index >= 15 is 0 Å². The molecule has 4 aromatic carbocycles. The van der Waals surface area contributed by atoms with Crippen LogP contribution in [0.15, 0.2) is 78.9 Å². The molecule has 1 aliphatic rings. The molecule has 7 rings (SSSR count). The van der Waals surface area contributed by atoms with Crippen LogP contribution in [0.25, 0.3) is 49.2 Å². The molecule has 2 heterocycles. The molecule has 0 aliphatic heterocycles. The quantitative estimate of drug-likeness (QED) is 0.303. The van der Waals surface area contributed by atoms with Gasteiger partial charge in [-0.2, -0.15) is 0 Å². The summed E-state index contributed by atoms with van der Waals surface area (Å²) >= 11 is 0. The second-order valence-corrected chi connectivity index (χ2v) is 7.37. The Morgan fingerprint density at radius 2 is 1.38 bits per heavy atom. The number of benzene rings is 4. The van der Waals surface area contributed by atoms with Gasteiger partial charge in [0.2, 0.25) is 0 Å². The Kier molecular flexibility index (Phi) is 2.12. The van der Waals surface area contributed by atoms with E-state index in [1.165, 1.54) is 60.3 Å². The van der Waals surface area contributed by atoms with Crippen molar-refractivity contribution in [2.24, 2.45) is 0 Å². The number of nitrogens with zero attached hydrogens (tertiary/aromatic N) is 1. The van der Waals surface area contributed by atoms with Crippen LogP contribution in [0.4, 0.5) is 0 Å². The van der Waals surface area contributed by atoms with Crippen molar-refractivity contribution in [2.45, 2.75) is 6.42 Å². The molecule has 0 N–H and O–H groups in total. The van der Waals surface area contributed by atoms with Gasteiger partial charge in [-0.25, -0.2) is 0 Å². The van der Waals surface area contributed by atoms with E-state index in [1.807, 2.05) is 0 Å². The van der Waals surface area contributed by atoms with E-state index in [-0.39, 0.29) is 0 Å². The Bertz CT molecular complexity index is 1500. The molecule has 0 bridgehead atoms. The van der Waals surface area contributed by atoms with Crippen molar-refractivity contribution in [3.8, 4) is 11.1 Å². The zero-order chi connectivity index (χ0) is 16.8. The van der Waals surface area contributed by atoms with E-state index in [4.69, 9.17) is 0 Å². The summed E-state index contributed by atoms with van der Waals surface area (Å²) in [6.45, 7) is 0. The fourth-order valence-corrected chi connectivity index (χ4v) is 5.16. The van der Waals surface area contributed by atoms with Crippen molar-refractivity contribution in [1.82, 2.24) is 4.40 Å². The van der Waals surface area contributed by atoms with Gasteiger partial charge in [0.05, 0.1) is 16.6 Å². The van der Waals surface area contributed by atoms with Crippen molar-refractivity contribution < 1.29 is 0 Å². The molecular formula is C25H15N. The summed E-state index contributed by atoms with van der Waals surface area (Å²) < 4.78 is 2.47. The molecule has 0 saturated heterocycles. The van der Waals surface area contributed by atoms with E-state index in [9.17, 15) is 0 Å². The molecule has 1 aliphatic carbocycles. The van der Waals surface area contributed by atoms with Crippen LogP contribution >= 0.6 is 0 Å². The number of fused-ring (bicyclic) bond motifs is 10. The van der Waals surface area contributed by atoms with Crippen LogP contribution in [0.2, 0.25) is 0 Å². The molecule has 0 atom stereocenters. The first-order chi connectivity index (χ1) is 12.9. The van der Waals surface area contributed by atoms with Crippen LogP contribution in [0.3, 0.4) is 0 Å². The summed E-state index contributed by atoms with van der Waals surface area (Å²) in [6.07, 6.45) is 1.04. The normalized spacial score (nSPS) is 13.2. The highest BCUT2D eigenvalue weighted by Crippen LogP contribution is 2.46. The van der Waals surface area contributed by atoms with Gasteiger partial charge in [-0.05, 0) is 40.8 Å². The van der Waals surface area contributed by atoms with Gasteiger partial charge in [0.15, 0.2) is 0 Å². The van der Waals surface area contributed by atoms with Gasteiger partial charge in [-0.1, -0.05) is 66.7 Å². The summed E-state index contributed by atoms with van der Waals surface area (Å²) in [4.78, 5) is 0. The molecule has 0 fully saturated rings. The van der Waals surface area contributed by atoms with E-state index in [0.29, 0.717) is 0 Å². The Morgan fingerprint density at radius 3 is 2.38 bits per heavy atom. The van der Waals surface area contributed by atoms with E-state index in [2.05, 4.69) is 83.3 Å². The third-order valence-corrected chi connectivity index (χ3v) is 6.17. The summed E-state index contributed by atoms with van der Waals surface area (Å²) in [7, 11) is 0. The van der Waals surface area contributed by atoms with Gasteiger partial charge in [-0.15, -0.1) is 0 Å². The maximum Gasteiger partial charge on any atom is 0.0620 e. The van der Waals surface area contributed by atoms with Gasteiger partial charge in [-0.3, -0.25) is 0 Å². The number of hydrogen-bond donors (Lipinski definition) is 0. The topological polar surface area (TPSA) is 4.41 Å². The zero-order valence-electron chi connectivity index (χ0n) is 14.2. The molecule has 6 aromatic rings. The molecule has 0 amide bonds. The smallest absolute Gasteiger partial charge is 0.0620 e. The molecule has 1 heteroatoms. The van der Waals surface area contributed by atoms with E-state index in [1.54, 1.807) is 0 Å². The Morgan fingerprint density at radius 1 is 0.577 bits per heavy atom. The molecular weight excluding hydrogens is 314 g/mol. The molecule has 1 nitrogen and oxygen atoms in total. The highest BCUT2D eigenvalue weighted by atomic mass is 14.9. The highest BCUT2D eigenvalue weighted by Gasteiger charge is 2.24. The van der Waals surface area contributed by atoms with Crippen LogP contribution in [-0.4, -0.2) is 4.40 Å². The van der Waals surface area contributed by atoms with Crippen LogP contribution in [0.5, 0.6) is 0 Å². The molecule has 0 radical (unpaired) electrons. The number of rotatable bonds is 0. The molecule has 120 valence electrons. The van der Waals surface area contributed by atoms with E-state index in [0.717, 1.165) is 6.42 Å². The minimum absolute atomic E-state index is 1.04. The average molecular weight is 329 g/mol. The third kappa shape index (κ3) is 1.33. The Balaban J connectivity index is 1.77. The number of hydrogen-bond acceptors (Lipinski definition) is 0. The third-order valence-electron chi connectivity index (χ3n) is 6.17. The monoisotopic (exact) mass is 329 g/mol. The van der Waals surface area contributed by atoms with Crippen molar-refractivity contribution >= 4 is 38.1 Å². The predicted molar refractivity (Wildman–Crippen MR) is 109 cm³/mol. The molecule has 26 heavy (non-hydrogen) atoms. The van der Waals surface area contributed by atoms with Crippen LogP contribution in [0, 0.1) is 0 Å². The predicted octanol–water partition coefficient (Wildman–Crippen LogP) is 6.41. The van der Waals surface area contributed by atoms with Crippen molar-refractivity contribution in [1.29, 1.82) is 0 Å². The molecule has 0 unspecified atom stereocenters. The van der Waals surface area contributed by atoms with Crippen molar-refractivity contribution in [2.75, 3.05) is 0 Å². The van der Waals surface area contributed by atoms with Crippen LogP contribution < -0.4 is 0 Å². The van der Waals surface area contributed by atoms with Crippen molar-refractivity contribution in [3.63, 3.8) is 0 Å². The second-order valence-electron chi connectivity index (χ2n) is 7.37. The van der Waals surface area contributed by atoms with Crippen molar-refractivity contribution in [3.05, 3.63) is 90.0 Å². The summed E-state index contributed by atoms with van der Waals surface area (Å²) in [5.74, 6) is 0. The number of para-hydroxylation sites is 2. The van der Waals surface area contributed by atoms with Crippen LogP contribution in [0.1, 0.15) is 11.1 Å². The summed E-state index contributed by atoms with van der Waals surface area (Å²) in [5.41, 5.74) is 9.76. The summed E-state index contributed by atoms with van der Waals surface area (Å²) in [6, 6.07) is 29.0. The lowest BCUT2D eigenvalue weighted by molar-refractivity contribution is 1.28. The Hall–Kier alpha value is -3.32. The fourth-order valence-electron chi connectivity index (χ4n) is 5.16. The molecule has 0 saturated carbocycles. The molecule has 0 spiro atoms. The minimum Gasteiger partial charge on any atom is -0.308 e. The maximum absolute atomic E-state index is 2.47. The first-order valence-electron chi connectivity index (χ1n) is 9.19. The van der Waals surface area contributed by atoms with Gasteiger partial charge >= 0.3 is 0 Å². The zero-order valence-corrected chi connectivity index (χ0v) is 14.2. The summed E-state index contributed by atoms with van der Waals surface area (Å²) in [5, 5.41) is 5.53. The lowest BCUT2D eigenvalue weighted by Gasteiger charge is -2.04. The largest absolute Gasteiger partial charge is 0.308 e. The van der Waals surface area contributed by atoms with Gasteiger partial charge in [0.1, 0.15) is 0 Å². The lowest BCUT2D eigenvalue weighted by atomic mass is 10.00. The first-order valence-corrected chi connectivity index (χ1v) is 9.19. The average Bonchev–Trinajstić information content (AvgIpc) is 3.34. The van der Waals surface area contributed by atoms with Gasteiger partial charge in [0.25, 0.3) is 0 Å². The second kappa shape index (κ2) is 4.25. The highest BCUT2D eigenvalue weighted by molar-refractivity contribution is 6.24. The minimum atomic E-state index is 1.04. The fraction of sp³-hybridized carbons (Fsp3) is 0.0400.